The highest BCUT2D eigenvalue weighted by Gasteiger charge is 2.44. The number of hydrogen-bond acceptors (Lipinski definition) is 2. The molecule has 232 valence electrons. The van der Waals surface area contributed by atoms with Crippen molar-refractivity contribution in [2.24, 2.45) is 0 Å². The Balaban J connectivity index is 1.87. The first-order valence-electron chi connectivity index (χ1n) is 24.4. The zero-order valence-corrected chi connectivity index (χ0v) is 27.6. The summed E-state index contributed by atoms with van der Waals surface area (Å²) >= 11 is 0. The molecule has 46 heavy (non-hydrogen) atoms. The van der Waals surface area contributed by atoms with Gasteiger partial charge in [0.25, 0.3) is 6.71 Å². The van der Waals surface area contributed by atoms with Crippen molar-refractivity contribution in [3.63, 3.8) is 0 Å². The maximum Gasteiger partial charge on any atom is 0.252 e. The second-order valence-corrected chi connectivity index (χ2v) is 15.0. The topological polar surface area (TPSA) is 6.48 Å². The molecule has 0 saturated heterocycles. The van der Waals surface area contributed by atoms with Crippen molar-refractivity contribution in [2.75, 3.05) is 9.80 Å². The largest absolute Gasteiger partial charge is 0.311 e. The Morgan fingerprint density at radius 3 is 1.39 bits per heavy atom. The molecule has 2 aliphatic rings. The van der Waals surface area contributed by atoms with Crippen LogP contribution in [-0.4, -0.2) is 6.71 Å². The van der Waals surface area contributed by atoms with Gasteiger partial charge in [0.1, 0.15) is 0 Å². The molecule has 0 N–H and O–H groups in total. The van der Waals surface area contributed by atoms with Gasteiger partial charge in [-0.3, -0.25) is 0 Å². The Bertz CT molecular complexity index is 2850. The van der Waals surface area contributed by atoms with Crippen molar-refractivity contribution < 1.29 is 24.7 Å². The van der Waals surface area contributed by atoms with Gasteiger partial charge < -0.3 is 9.80 Å². The SMILES string of the molecule is [2H]c1c([2H])c([2H])c(N2c3cc(C([2H])([2H])[2H])cc4c3B(c3c([2H])c(C(C)(C)C)c([2H])c([2H])c32)c2c([2H])c(C(C)(C)C)c([2H])c([2H])c2N4c2c([2H])c([2H])c(C(C)(C)C)c([2H])c2[2H])c([2H])c1[2H]. The summed E-state index contributed by atoms with van der Waals surface area (Å²) in [7, 11) is 0. The van der Waals surface area contributed by atoms with E-state index in [9.17, 15) is 16.4 Å². The molecule has 2 nitrogen and oxygen atoms in total. The predicted molar refractivity (Wildman–Crippen MR) is 201 cm³/mol. The van der Waals surface area contributed by atoms with Crippen LogP contribution in [0.15, 0.2) is 103 Å². The number of fused-ring (bicyclic) bond motifs is 4. The minimum absolute atomic E-state index is 0.0348. The molecule has 0 aliphatic carbocycles. The summed E-state index contributed by atoms with van der Waals surface area (Å²) < 4.78 is 166. The Morgan fingerprint density at radius 1 is 0.522 bits per heavy atom. The fraction of sp³-hybridized carbons (Fsp3) is 0.302. The van der Waals surface area contributed by atoms with Crippen LogP contribution >= 0.6 is 0 Å². The molecule has 2 heterocycles. The third-order valence-electron chi connectivity index (χ3n) is 8.37. The molecule has 0 spiro atoms. The number of hydrogen-bond donors (Lipinski definition) is 0. The monoisotopic (exact) mass is 620 g/mol. The van der Waals surface area contributed by atoms with E-state index in [2.05, 4.69) is 0 Å². The van der Waals surface area contributed by atoms with E-state index in [0.717, 1.165) is 9.80 Å². The van der Waals surface area contributed by atoms with Gasteiger partial charge in [-0.25, -0.2) is 0 Å². The van der Waals surface area contributed by atoms with Gasteiger partial charge in [-0.15, -0.1) is 0 Å². The summed E-state index contributed by atoms with van der Waals surface area (Å²) in [4.78, 5) is 2.26. The lowest BCUT2D eigenvalue weighted by molar-refractivity contribution is 0.590. The van der Waals surface area contributed by atoms with Crippen molar-refractivity contribution >= 4 is 57.2 Å². The first-order chi connectivity index (χ1) is 29.1. The standard InChI is InChI=1S/C43H47BN2/c1-28-24-38-40-39(25-28)46(33-20-16-29(17-21-33)41(2,3)4)37-23-19-31(43(8,9)10)27-35(37)44(40)34-26-30(42(5,6)7)18-22-36(34)45(38)32-14-12-11-13-15-32/h11-27H,1-10H3/i1D3,11D,12D,13D,14D,15D,16D,17D,18D,19D,20D,21D,22D,23D,26D,27D. The summed E-state index contributed by atoms with van der Waals surface area (Å²) in [5.74, 6) is 0. The second-order valence-electron chi connectivity index (χ2n) is 15.0. The molecule has 0 fully saturated rings. The van der Waals surface area contributed by atoms with Crippen LogP contribution in [0, 0.1) is 6.85 Å². The second kappa shape index (κ2) is 10.4. The fourth-order valence-corrected chi connectivity index (χ4v) is 5.92. The highest BCUT2D eigenvalue weighted by molar-refractivity contribution is 7.00. The first kappa shape index (κ1) is 16.0. The fourth-order valence-electron chi connectivity index (χ4n) is 5.92. The van der Waals surface area contributed by atoms with E-state index in [0.29, 0.717) is 0 Å². The van der Waals surface area contributed by atoms with Crippen molar-refractivity contribution in [3.05, 3.63) is 125 Å². The Labute approximate surface area is 302 Å². The van der Waals surface area contributed by atoms with Crippen LogP contribution in [0.5, 0.6) is 0 Å². The molecule has 0 bridgehead atoms. The van der Waals surface area contributed by atoms with Crippen LogP contribution in [0.1, 0.15) is 109 Å². The van der Waals surface area contributed by atoms with Gasteiger partial charge >= 0.3 is 0 Å². The number of aryl methyl sites for hydroxylation is 1. The van der Waals surface area contributed by atoms with Crippen LogP contribution in [0.4, 0.5) is 34.1 Å². The molecule has 0 radical (unpaired) electrons. The van der Waals surface area contributed by atoms with Crippen molar-refractivity contribution in [2.45, 2.75) is 85.4 Å². The lowest BCUT2D eigenvalue weighted by Crippen LogP contribution is -2.61. The first-order valence-corrected chi connectivity index (χ1v) is 15.4. The van der Waals surface area contributed by atoms with Crippen LogP contribution in [0.2, 0.25) is 0 Å². The highest BCUT2D eigenvalue weighted by atomic mass is 15.2. The molecule has 0 aromatic heterocycles. The summed E-state index contributed by atoms with van der Waals surface area (Å²) in [6.07, 6.45) is 0. The predicted octanol–water partition coefficient (Wildman–Crippen LogP) is 9.97. The Kier molecular flexibility index (Phi) is 3.62. The van der Waals surface area contributed by atoms with Gasteiger partial charge in [0.15, 0.2) is 0 Å². The average molecular weight is 621 g/mol. The third kappa shape index (κ3) is 4.96. The molecule has 3 heteroatoms. The van der Waals surface area contributed by atoms with Crippen molar-refractivity contribution in [1.82, 2.24) is 0 Å². The maximum absolute atomic E-state index is 10.1. The smallest absolute Gasteiger partial charge is 0.252 e. The number of benzene rings is 5. The van der Waals surface area contributed by atoms with Crippen LogP contribution in [0.3, 0.4) is 0 Å². The van der Waals surface area contributed by atoms with Crippen LogP contribution in [0.25, 0.3) is 0 Å². The maximum atomic E-state index is 10.1. The van der Waals surface area contributed by atoms with E-state index in [1.54, 1.807) is 62.3 Å². The van der Waals surface area contributed by atoms with E-state index in [1.165, 1.54) is 12.1 Å². The van der Waals surface area contributed by atoms with Gasteiger partial charge in [-0.1, -0.05) is 117 Å². The van der Waals surface area contributed by atoms with Gasteiger partial charge in [-0.05, 0) is 110 Å². The molecule has 0 amide bonds. The molecule has 5 aromatic rings. The summed E-state index contributed by atoms with van der Waals surface area (Å²) in [5.41, 5.74) is -4.98. The Morgan fingerprint density at radius 2 is 0.957 bits per heavy atom. The molecule has 2 aliphatic heterocycles. The van der Waals surface area contributed by atoms with Gasteiger partial charge in [0, 0.05) is 38.2 Å². The lowest BCUT2D eigenvalue weighted by Gasteiger charge is -2.45. The van der Waals surface area contributed by atoms with Gasteiger partial charge in [0.05, 0.1) is 20.6 Å². The van der Waals surface area contributed by atoms with Gasteiger partial charge in [-0.2, -0.15) is 0 Å². The summed E-state index contributed by atoms with van der Waals surface area (Å²) in [5, 5.41) is 0. The number of para-hydroxylation sites is 1. The minimum atomic E-state index is -2.97. The van der Waals surface area contributed by atoms with Crippen LogP contribution in [-0.2, 0) is 16.2 Å². The van der Waals surface area contributed by atoms with Crippen LogP contribution < -0.4 is 26.2 Å². The average Bonchev–Trinajstić information content (AvgIpc) is 3.15. The minimum Gasteiger partial charge on any atom is -0.311 e. The molecular formula is C43H47BN2. The molecule has 0 atom stereocenters. The highest BCUT2D eigenvalue weighted by Crippen LogP contribution is 2.45. The number of nitrogens with zero attached hydrogens (tertiary/aromatic N) is 2. The lowest BCUT2D eigenvalue weighted by atomic mass is 9.33. The molecular weight excluding hydrogens is 555 g/mol. The zero-order chi connectivity index (χ0) is 48.3. The van der Waals surface area contributed by atoms with E-state index in [-0.39, 0.29) is 67.9 Å². The number of anilines is 6. The molecule has 7 rings (SSSR count). The van der Waals surface area contributed by atoms with E-state index < -0.39 is 125 Å². The summed E-state index contributed by atoms with van der Waals surface area (Å²) in [6, 6.07) is -5.88. The van der Waals surface area contributed by atoms with E-state index in [4.69, 9.17) is 8.22 Å². The molecule has 0 unspecified atom stereocenters. The number of rotatable bonds is 2. The third-order valence-corrected chi connectivity index (χ3v) is 8.37. The molecule has 5 aromatic carbocycles. The van der Waals surface area contributed by atoms with Crippen molar-refractivity contribution in [3.8, 4) is 0 Å². The molecule has 0 saturated carbocycles. The van der Waals surface area contributed by atoms with Crippen molar-refractivity contribution in [1.29, 1.82) is 0 Å². The van der Waals surface area contributed by atoms with E-state index in [1.807, 2.05) is 0 Å². The van der Waals surface area contributed by atoms with Gasteiger partial charge in [0.2, 0.25) is 0 Å². The van der Waals surface area contributed by atoms with E-state index >= 15 is 0 Å². The normalized spacial score (nSPS) is 20.0. The Hall–Kier alpha value is -4.24. The summed E-state index contributed by atoms with van der Waals surface area (Å²) in [6.45, 7) is 11.3. The quantitative estimate of drug-likeness (QED) is 0.178. The zero-order valence-electron chi connectivity index (χ0n) is 45.6.